The topological polar surface area (TPSA) is 85.3 Å². The number of hydrogen-bond donors (Lipinski definition) is 0. The third-order valence-corrected chi connectivity index (χ3v) is 5.17. The fourth-order valence-corrected chi connectivity index (χ4v) is 4.00. The van der Waals surface area contributed by atoms with E-state index in [4.69, 9.17) is 9.47 Å². The number of benzene rings is 1. The predicted molar refractivity (Wildman–Crippen MR) is 96.5 cm³/mol. The zero-order valence-electron chi connectivity index (χ0n) is 14.8. The molecule has 7 nitrogen and oxygen atoms in total. The Kier molecular flexibility index (Phi) is 4.86. The molecular weight excluding hydrogens is 356 g/mol. The molecule has 0 N–H and O–H groups in total. The lowest BCUT2D eigenvalue weighted by molar-refractivity contribution is -0.137. The van der Waals surface area contributed by atoms with Crippen LogP contribution in [0.1, 0.15) is 32.4 Å². The highest BCUT2D eigenvalue weighted by Gasteiger charge is 2.46. The lowest BCUT2D eigenvalue weighted by Gasteiger charge is -2.32. The summed E-state index contributed by atoms with van der Waals surface area (Å²) in [4.78, 5) is 42.1. The quantitative estimate of drug-likeness (QED) is 0.597. The van der Waals surface area contributed by atoms with Crippen molar-refractivity contribution in [2.75, 3.05) is 7.11 Å². The maximum Gasteiger partial charge on any atom is 0.338 e. The van der Waals surface area contributed by atoms with Gasteiger partial charge in [-0.3, -0.25) is 14.5 Å². The normalized spacial score (nSPS) is 22.1. The standard InChI is InChI=1S/C18H18N2O5S/c1-9-14(17(23)24-4)15(20-16(22)10(2)26-18(20)19-9)12-5-7-13(8-6-12)25-11(3)21/h5-8,10,15H,1-4H3. The van der Waals surface area contributed by atoms with E-state index in [9.17, 15) is 14.4 Å². The van der Waals surface area contributed by atoms with Crippen LogP contribution in [0.3, 0.4) is 0 Å². The number of nitrogens with zero attached hydrogens (tertiary/aromatic N) is 2. The summed E-state index contributed by atoms with van der Waals surface area (Å²) in [5, 5.41) is 0.295. The Labute approximate surface area is 155 Å². The van der Waals surface area contributed by atoms with E-state index in [0.717, 1.165) is 0 Å². The van der Waals surface area contributed by atoms with Crippen molar-refractivity contribution in [3.05, 3.63) is 41.1 Å². The SMILES string of the molecule is COC(=O)C1=C(C)N=C2SC(C)C(=O)N2C1c1ccc(OC(C)=O)cc1. The van der Waals surface area contributed by atoms with Crippen molar-refractivity contribution in [2.45, 2.75) is 32.1 Å². The van der Waals surface area contributed by atoms with E-state index >= 15 is 0 Å². The van der Waals surface area contributed by atoms with Gasteiger partial charge in [0.1, 0.15) is 5.75 Å². The van der Waals surface area contributed by atoms with Crippen LogP contribution in [-0.4, -0.2) is 40.3 Å². The molecule has 1 aromatic carbocycles. The number of allylic oxidation sites excluding steroid dienone is 1. The van der Waals surface area contributed by atoms with Crippen LogP contribution in [0.5, 0.6) is 5.75 Å². The number of hydrogen-bond acceptors (Lipinski definition) is 7. The van der Waals surface area contributed by atoms with E-state index in [1.807, 2.05) is 6.92 Å². The van der Waals surface area contributed by atoms with Crippen molar-refractivity contribution in [3.8, 4) is 5.75 Å². The van der Waals surface area contributed by atoms with Crippen molar-refractivity contribution in [1.29, 1.82) is 0 Å². The van der Waals surface area contributed by atoms with Crippen LogP contribution in [0.25, 0.3) is 0 Å². The summed E-state index contributed by atoms with van der Waals surface area (Å²) in [6.45, 7) is 4.85. The minimum Gasteiger partial charge on any atom is -0.466 e. The monoisotopic (exact) mass is 374 g/mol. The molecule has 0 aliphatic carbocycles. The number of methoxy groups -OCH3 is 1. The molecule has 2 atom stereocenters. The second-order valence-electron chi connectivity index (χ2n) is 5.92. The third kappa shape index (κ3) is 3.12. The molecule has 1 aromatic rings. The van der Waals surface area contributed by atoms with Crippen LogP contribution in [0.4, 0.5) is 0 Å². The number of thioether (sulfide) groups is 1. The number of carbonyl (C=O) groups excluding carboxylic acids is 3. The van der Waals surface area contributed by atoms with Gasteiger partial charge in [0, 0.05) is 6.92 Å². The predicted octanol–water partition coefficient (Wildman–Crippen LogP) is 2.43. The highest BCUT2D eigenvalue weighted by atomic mass is 32.2. The van der Waals surface area contributed by atoms with E-state index in [0.29, 0.717) is 27.8 Å². The smallest absolute Gasteiger partial charge is 0.338 e. The van der Waals surface area contributed by atoms with E-state index in [2.05, 4.69) is 4.99 Å². The molecule has 26 heavy (non-hydrogen) atoms. The molecule has 1 saturated heterocycles. The summed E-state index contributed by atoms with van der Waals surface area (Å²) in [7, 11) is 1.30. The van der Waals surface area contributed by atoms with Gasteiger partial charge in [-0.05, 0) is 31.5 Å². The molecule has 2 heterocycles. The summed E-state index contributed by atoms with van der Waals surface area (Å²) in [5.74, 6) is -0.675. The van der Waals surface area contributed by atoms with Gasteiger partial charge in [-0.15, -0.1) is 0 Å². The number of amidine groups is 1. The van der Waals surface area contributed by atoms with Gasteiger partial charge in [0.15, 0.2) is 5.17 Å². The second-order valence-corrected chi connectivity index (χ2v) is 7.23. The van der Waals surface area contributed by atoms with Gasteiger partial charge in [-0.2, -0.15) is 0 Å². The summed E-state index contributed by atoms with van der Waals surface area (Å²) in [6, 6.07) is 6.07. The summed E-state index contributed by atoms with van der Waals surface area (Å²) in [5.41, 5.74) is 1.54. The molecule has 0 spiro atoms. The number of fused-ring (bicyclic) bond motifs is 1. The zero-order chi connectivity index (χ0) is 19.0. The van der Waals surface area contributed by atoms with Crippen molar-refractivity contribution in [1.82, 2.24) is 4.90 Å². The average molecular weight is 374 g/mol. The first kappa shape index (κ1) is 18.2. The van der Waals surface area contributed by atoms with Gasteiger partial charge < -0.3 is 9.47 Å². The average Bonchev–Trinajstić information content (AvgIpc) is 2.87. The maximum absolute atomic E-state index is 12.7. The number of esters is 2. The van der Waals surface area contributed by atoms with Gasteiger partial charge in [0.2, 0.25) is 5.91 Å². The van der Waals surface area contributed by atoms with Crippen LogP contribution in [0.2, 0.25) is 0 Å². The minimum atomic E-state index is -0.633. The molecule has 1 fully saturated rings. The number of ether oxygens (including phenoxy) is 2. The van der Waals surface area contributed by atoms with Crippen LogP contribution in [0.15, 0.2) is 40.5 Å². The Morgan fingerprint density at radius 3 is 2.46 bits per heavy atom. The third-order valence-electron chi connectivity index (χ3n) is 4.12. The number of rotatable bonds is 3. The highest BCUT2D eigenvalue weighted by Crippen LogP contribution is 2.43. The first-order valence-electron chi connectivity index (χ1n) is 7.99. The lowest BCUT2D eigenvalue weighted by Crippen LogP contribution is -2.40. The summed E-state index contributed by atoms with van der Waals surface area (Å²) in [6.07, 6.45) is 0. The molecule has 0 aromatic heterocycles. The van der Waals surface area contributed by atoms with Gasteiger partial charge in [0.25, 0.3) is 0 Å². The van der Waals surface area contributed by atoms with Crippen LogP contribution in [0, 0.1) is 0 Å². The van der Waals surface area contributed by atoms with Gasteiger partial charge >= 0.3 is 11.9 Å². The molecular formula is C18H18N2O5S. The highest BCUT2D eigenvalue weighted by molar-refractivity contribution is 8.15. The van der Waals surface area contributed by atoms with Crippen LogP contribution >= 0.6 is 11.8 Å². The zero-order valence-corrected chi connectivity index (χ0v) is 15.6. The first-order valence-corrected chi connectivity index (χ1v) is 8.87. The van der Waals surface area contributed by atoms with Crippen LogP contribution < -0.4 is 4.74 Å². The summed E-state index contributed by atoms with van der Waals surface area (Å²) >= 11 is 1.36. The number of carbonyl (C=O) groups is 3. The first-order chi connectivity index (χ1) is 12.3. The maximum atomic E-state index is 12.7. The number of aliphatic imine (C=N–C) groups is 1. The van der Waals surface area contributed by atoms with E-state index in [-0.39, 0.29) is 11.2 Å². The molecule has 8 heteroatoms. The Hall–Kier alpha value is -2.61. The van der Waals surface area contributed by atoms with Gasteiger partial charge in [-0.25, -0.2) is 9.79 Å². The Morgan fingerprint density at radius 1 is 1.23 bits per heavy atom. The van der Waals surface area contributed by atoms with Crippen LogP contribution in [-0.2, 0) is 19.1 Å². The van der Waals surface area contributed by atoms with E-state index < -0.39 is 18.0 Å². The van der Waals surface area contributed by atoms with Crippen molar-refractivity contribution < 1.29 is 23.9 Å². The molecule has 2 aliphatic heterocycles. The van der Waals surface area contributed by atoms with Crippen molar-refractivity contribution in [3.63, 3.8) is 0 Å². The molecule has 3 rings (SSSR count). The fourth-order valence-electron chi connectivity index (χ4n) is 2.97. The second kappa shape index (κ2) is 6.95. The lowest BCUT2D eigenvalue weighted by atomic mass is 9.94. The molecule has 0 saturated carbocycles. The molecule has 0 bridgehead atoms. The molecule has 136 valence electrons. The summed E-state index contributed by atoms with van der Waals surface area (Å²) < 4.78 is 9.97. The van der Waals surface area contributed by atoms with E-state index in [1.54, 1.807) is 31.2 Å². The fraction of sp³-hybridized carbons (Fsp3) is 0.333. The largest absolute Gasteiger partial charge is 0.466 e. The van der Waals surface area contributed by atoms with Gasteiger partial charge in [0.05, 0.1) is 29.7 Å². The van der Waals surface area contributed by atoms with Crippen molar-refractivity contribution in [2.24, 2.45) is 4.99 Å². The Balaban J connectivity index is 2.08. The molecule has 1 amide bonds. The van der Waals surface area contributed by atoms with Gasteiger partial charge in [-0.1, -0.05) is 23.9 Å². The molecule has 0 radical (unpaired) electrons. The molecule has 2 aliphatic rings. The Morgan fingerprint density at radius 2 is 1.88 bits per heavy atom. The number of amides is 1. The van der Waals surface area contributed by atoms with Crippen molar-refractivity contribution >= 4 is 34.8 Å². The van der Waals surface area contributed by atoms with E-state index in [1.165, 1.54) is 30.7 Å². The molecule has 2 unspecified atom stereocenters. The Bertz CT molecular complexity index is 844. The minimum absolute atomic E-state index is 0.114.